The highest BCUT2D eigenvalue weighted by Crippen LogP contribution is 2.71. The van der Waals surface area contributed by atoms with E-state index in [1.165, 1.54) is 0 Å². The van der Waals surface area contributed by atoms with Crippen LogP contribution in [0.25, 0.3) is 0 Å². The lowest BCUT2D eigenvalue weighted by Gasteiger charge is -2.22. The zero-order valence-electron chi connectivity index (χ0n) is 7.26. The van der Waals surface area contributed by atoms with Crippen LogP contribution in [0.5, 0.6) is 0 Å². The summed E-state index contributed by atoms with van der Waals surface area (Å²) in [5.74, 6) is -2.62. The first kappa shape index (κ1) is 15.2. The van der Waals surface area contributed by atoms with Gasteiger partial charge in [-0.2, -0.15) is 4.52 Å². The van der Waals surface area contributed by atoms with Gasteiger partial charge in [-0.05, 0) is 56.8 Å². The molecule has 0 aliphatic heterocycles. The van der Waals surface area contributed by atoms with Gasteiger partial charge in [-0.1, -0.05) is 19.6 Å². The standard InChI is InChI=1S/C3H10Cl4N2P2SSi/c1-13(2,3)9-10(4,5)8-11(6,7)12/h9H,1-3H3. The van der Waals surface area contributed by atoms with Crippen LogP contribution in [0.1, 0.15) is 0 Å². The molecule has 0 amide bonds. The molecule has 0 aliphatic rings. The lowest BCUT2D eigenvalue weighted by Crippen LogP contribution is -2.36. The van der Waals surface area contributed by atoms with Crippen molar-refractivity contribution in [2.24, 2.45) is 4.52 Å². The Hall–Kier alpha value is 2.22. The Morgan fingerprint density at radius 3 is 1.77 bits per heavy atom. The average molecular weight is 338 g/mol. The monoisotopic (exact) mass is 336 g/mol. The second-order valence-corrected chi connectivity index (χ2v) is 21.0. The first-order chi connectivity index (χ1) is 5.41. The lowest BCUT2D eigenvalue weighted by atomic mass is 11.8. The van der Waals surface area contributed by atoms with Crippen LogP contribution in [0.4, 0.5) is 0 Å². The Morgan fingerprint density at radius 1 is 1.15 bits per heavy atom. The maximum Gasteiger partial charge on any atom is 0.227 e. The van der Waals surface area contributed by atoms with Crippen molar-refractivity contribution in [3.63, 3.8) is 0 Å². The quantitative estimate of drug-likeness (QED) is 0.540. The molecule has 1 N–H and O–H groups in total. The zero-order valence-corrected chi connectivity index (χ0v) is 13.9. The van der Waals surface area contributed by atoms with E-state index >= 15 is 0 Å². The minimum Gasteiger partial charge on any atom is -0.281 e. The van der Waals surface area contributed by atoms with Gasteiger partial charge in [-0.15, -0.1) is 0 Å². The Labute approximate surface area is 104 Å². The van der Waals surface area contributed by atoms with Gasteiger partial charge in [0.05, 0.1) is 0 Å². The topological polar surface area (TPSA) is 24.4 Å². The van der Waals surface area contributed by atoms with E-state index in [1.54, 1.807) is 0 Å². The number of hydrogen-bond donors (Lipinski definition) is 1. The van der Waals surface area contributed by atoms with Crippen molar-refractivity contribution in [3.05, 3.63) is 0 Å². The molecule has 0 aromatic rings. The highest BCUT2D eigenvalue weighted by molar-refractivity contribution is 8.40. The molecule has 0 spiro atoms. The first-order valence-corrected chi connectivity index (χ1v) is 14.8. The molecule has 0 rings (SSSR count). The van der Waals surface area contributed by atoms with Crippen LogP contribution in [-0.4, -0.2) is 8.24 Å². The van der Waals surface area contributed by atoms with Gasteiger partial charge < -0.3 is 0 Å². The fourth-order valence-corrected chi connectivity index (χ4v) is 16.6. The molecule has 0 aromatic heterocycles. The molecule has 0 fully saturated rings. The van der Waals surface area contributed by atoms with Crippen LogP contribution in [0.2, 0.25) is 19.6 Å². The van der Waals surface area contributed by atoms with Crippen LogP contribution in [0, 0.1) is 0 Å². The van der Waals surface area contributed by atoms with E-state index in [-0.39, 0.29) is 0 Å². The van der Waals surface area contributed by atoms with Crippen molar-refractivity contribution in [2.75, 3.05) is 0 Å². The minimum atomic E-state index is -2.73. The van der Waals surface area contributed by atoms with Gasteiger partial charge in [0.15, 0.2) is 0 Å². The number of halogens is 4. The van der Waals surface area contributed by atoms with Crippen molar-refractivity contribution in [1.29, 1.82) is 0 Å². The number of hydrogen-bond acceptors (Lipinski definition) is 1. The van der Waals surface area contributed by atoms with E-state index in [4.69, 9.17) is 56.8 Å². The Bertz CT molecular complexity index is 278. The molecule has 0 bridgehead atoms. The van der Waals surface area contributed by atoms with Gasteiger partial charge in [0.2, 0.25) is 10.8 Å². The molecule has 0 atom stereocenters. The second kappa shape index (κ2) is 5.03. The van der Waals surface area contributed by atoms with Crippen molar-refractivity contribution in [2.45, 2.75) is 19.6 Å². The van der Waals surface area contributed by atoms with E-state index in [9.17, 15) is 0 Å². The smallest absolute Gasteiger partial charge is 0.227 e. The molecule has 0 radical (unpaired) electrons. The van der Waals surface area contributed by atoms with Crippen LogP contribution in [0.15, 0.2) is 4.52 Å². The third kappa shape index (κ3) is 10.5. The van der Waals surface area contributed by atoms with Crippen molar-refractivity contribution in [1.82, 2.24) is 4.75 Å². The minimum absolute atomic E-state index is 1.60. The summed E-state index contributed by atoms with van der Waals surface area (Å²) in [6.45, 7) is 6.15. The second-order valence-electron chi connectivity index (χ2n) is 3.37. The van der Waals surface area contributed by atoms with Crippen LogP contribution in [0.3, 0.4) is 0 Å². The maximum absolute atomic E-state index is 5.93. The SMILES string of the molecule is C[Si](C)(C)NP(Cl)(Cl)=NP(=S)(Cl)Cl. The van der Waals surface area contributed by atoms with E-state index in [0.717, 1.165) is 0 Å². The molecule has 0 aliphatic carbocycles. The highest BCUT2D eigenvalue weighted by atomic mass is 35.9. The molecular weight excluding hydrogens is 328 g/mol. The third-order valence-electron chi connectivity index (χ3n) is 0.686. The molecule has 0 heterocycles. The molecule has 0 unspecified atom stereocenters. The summed E-state index contributed by atoms with van der Waals surface area (Å²) in [4.78, 5) is -2.73. The van der Waals surface area contributed by atoms with Crippen LogP contribution in [-0.2, 0) is 11.8 Å². The molecule has 80 valence electrons. The number of nitrogens with one attached hydrogen (secondary N) is 1. The van der Waals surface area contributed by atoms with Gasteiger partial charge >= 0.3 is 0 Å². The fourth-order valence-electron chi connectivity index (χ4n) is 0.557. The predicted molar refractivity (Wildman–Crippen MR) is 73.5 cm³/mol. The lowest BCUT2D eigenvalue weighted by molar-refractivity contribution is 1.43. The van der Waals surface area contributed by atoms with Crippen LogP contribution < -0.4 is 4.75 Å². The summed E-state index contributed by atoms with van der Waals surface area (Å²) in [5, 5.41) is 0. The molecule has 2 nitrogen and oxygen atoms in total. The maximum atomic E-state index is 5.93. The number of nitrogens with zero attached hydrogens (tertiary/aromatic N) is 1. The summed E-state index contributed by atoms with van der Waals surface area (Å²) in [6.07, 6.45) is 0. The van der Waals surface area contributed by atoms with Gasteiger partial charge in [0.25, 0.3) is 0 Å². The largest absolute Gasteiger partial charge is 0.281 e. The number of rotatable bonds is 3. The molecule has 10 heteroatoms. The fraction of sp³-hybridized carbons (Fsp3) is 1.00. The van der Waals surface area contributed by atoms with E-state index in [2.05, 4.69) is 9.27 Å². The predicted octanol–water partition coefficient (Wildman–Crippen LogP) is 5.54. The summed E-state index contributed by atoms with van der Waals surface area (Å²) in [5.41, 5.74) is 0. The summed E-state index contributed by atoms with van der Waals surface area (Å²) in [7, 11) is -1.60. The average Bonchev–Trinajstić information content (AvgIpc) is 1.43. The molecule has 13 heavy (non-hydrogen) atoms. The van der Waals surface area contributed by atoms with Crippen molar-refractivity contribution < 1.29 is 0 Å². The zero-order chi connectivity index (χ0) is 10.9. The van der Waals surface area contributed by atoms with E-state index in [0.29, 0.717) is 0 Å². The van der Waals surface area contributed by atoms with Gasteiger partial charge in [-0.25, -0.2) is 0 Å². The molecule has 0 saturated heterocycles. The van der Waals surface area contributed by atoms with Crippen molar-refractivity contribution >= 4 is 75.8 Å². The molecule has 0 aromatic carbocycles. The molecular formula is C3H10Cl4N2P2SSi. The third-order valence-corrected chi connectivity index (χ3v) is 10.8. The van der Waals surface area contributed by atoms with E-state index in [1.807, 2.05) is 19.6 Å². The van der Waals surface area contributed by atoms with E-state index < -0.39 is 19.0 Å². The Balaban J connectivity index is 4.79. The molecule has 0 saturated carbocycles. The summed E-state index contributed by atoms with van der Waals surface area (Å²) >= 11 is 27.8. The highest BCUT2D eigenvalue weighted by Gasteiger charge is 2.24. The van der Waals surface area contributed by atoms with Gasteiger partial charge in [0, 0.05) is 0 Å². The Kier molecular flexibility index (Phi) is 5.89. The Morgan fingerprint density at radius 2 is 1.54 bits per heavy atom. The van der Waals surface area contributed by atoms with Gasteiger partial charge in [-0.3, -0.25) is 4.75 Å². The first-order valence-electron chi connectivity index (χ1n) is 3.23. The van der Waals surface area contributed by atoms with Gasteiger partial charge in [0.1, 0.15) is 8.24 Å². The van der Waals surface area contributed by atoms with Crippen LogP contribution >= 0.6 is 55.8 Å². The normalized spacial score (nSPS) is 14.4. The summed E-state index contributed by atoms with van der Waals surface area (Å²) < 4.78 is 6.91. The summed E-state index contributed by atoms with van der Waals surface area (Å²) in [6, 6.07) is 0. The van der Waals surface area contributed by atoms with Crippen molar-refractivity contribution in [3.8, 4) is 0 Å².